The van der Waals surface area contributed by atoms with Gasteiger partial charge in [-0.3, -0.25) is 4.79 Å². The number of rotatable bonds is 6. The molecule has 3 aromatic carbocycles. The minimum absolute atomic E-state index is 0.0343. The van der Waals surface area contributed by atoms with Gasteiger partial charge in [0.2, 0.25) is 15.9 Å². The average Bonchev–Trinajstić information content (AvgIpc) is 2.84. The van der Waals surface area contributed by atoms with Crippen molar-refractivity contribution in [1.82, 2.24) is 9.62 Å². The molecule has 33 heavy (non-hydrogen) atoms. The molecule has 4 rings (SSSR count). The minimum atomic E-state index is -3.80. The van der Waals surface area contributed by atoms with Crippen molar-refractivity contribution < 1.29 is 17.6 Å². The van der Waals surface area contributed by atoms with E-state index in [-0.39, 0.29) is 23.4 Å². The highest BCUT2D eigenvalue weighted by Gasteiger charge is 2.34. The van der Waals surface area contributed by atoms with Gasteiger partial charge in [-0.2, -0.15) is 4.31 Å². The molecule has 172 valence electrons. The third-order valence-electron chi connectivity index (χ3n) is 6.13. The third-order valence-corrected chi connectivity index (χ3v) is 8.00. The Kier molecular flexibility index (Phi) is 6.91. The number of carbonyl (C=O) groups excluding carboxylic acids is 1. The molecule has 1 amide bonds. The van der Waals surface area contributed by atoms with Crippen LogP contribution in [0.2, 0.25) is 0 Å². The lowest BCUT2D eigenvalue weighted by atomic mass is 9.93. The molecular weight excluding hydrogens is 439 g/mol. The predicted molar refractivity (Wildman–Crippen MR) is 125 cm³/mol. The largest absolute Gasteiger partial charge is 0.345 e. The fourth-order valence-corrected chi connectivity index (χ4v) is 5.81. The van der Waals surface area contributed by atoms with E-state index in [1.807, 2.05) is 61.5 Å². The molecule has 1 aliphatic rings. The molecule has 1 N–H and O–H groups in total. The molecular formula is C26H27FN2O3S. The third kappa shape index (κ3) is 5.15. The number of benzene rings is 3. The topological polar surface area (TPSA) is 66.5 Å². The molecule has 1 saturated heterocycles. The van der Waals surface area contributed by atoms with Crippen molar-refractivity contribution in [2.24, 2.45) is 5.92 Å². The molecule has 7 heteroatoms. The van der Waals surface area contributed by atoms with Gasteiger partial charge in [-0.05, 0) is 60.7 Å². The van der Waals surface area contributed by atoms with Crippen molar-refractivity contribution in [3.05, 3.63) is 101 Å². The molecule has 0 radical (unpaired) electrons. The van der Waals surface area contributed by atoms with E-state index in [0.717, 1.165) is 28.8 Å². The summed E-state index contributed by atoms with van der Waals surface area (Å²) in [7, 11) is -3.80. The summed E-state index contributed by atoms with van der Waals surface area (Å²) >= 11 is 0. The van der Waals surface area contributed by atoms with E-state index in [4.69, 9.17) is 0 Å². The Balaban J connectivity index is 1.55. The van der Waals surface area contributed by atoms with Gasteiger partial charge in [0.15, 0.2) is 0 Å². The van der Waals surface area contributed by atoms with Crippen molar-refractivity contribution >= 4 is 15.9 Å². The van der Waals surface area contributed by atoms with Crippen molar-refractivity contribution in [3.8, 4) is 0 Å². The predicted octanol–water partition coefficient (Wildman–Crippen LogP) is 4.44. The molecule has 3 aromatic rings. The lowest BCUT2D eigenvalue weighted by Gasteiger charge is -2.32. The molecule has 2 atom stereocenters. The Hall–Kier alpha value is -3.03. The maximum Gasteiger partial charge on any atom is 0.243 e. The fourth-order valence-electron chi connectivity index (χ4n) is 4.29. The van der Waals surface area contributed by atoms with E-state index >= 15 is 0 Å². The van der Waals surface area contributed by atoms with Crippen molar-refractivity contribution in [3.63, 3.8) is 0 Å². The number of sulfonamides is 1. The quantitative estimate of drug-likeness (QED) is 0.584. The second kappa shape index (κ2) is 9.85. The molecule has 0 bridgehead atoms. The first kappa shape index (κ1) is 23.1. The lowest BCUT2D eigenvalue weighted by molar-refractivity contribution is -0.126. The van der Waals surface area contributed by atoms with Gasteiger partial charge in [-0.25, -0.2) is 12.8 Å². The fraction of sp³-hybridized carbons (Fsp3) is 0.269. The number of nitrogens with one attached hydrogen (secondary N) is 1. The van der Waals surface area contributed by atoms with Gasteiger partial charge >= 0.3 is 0 Å². The smallest absolute Gasteiger partial charge is 0.243 e. The average molecular weight is 467 g/mol. The summed E-state index contributed by atoms with van der Waals surface area (Å²) < 4.78 is 40.7. The number of carbonyl (C=O) groups is 1. The van der Waals surface area contributed by atoms with E-state index in [0.29, 0.717) is 19.4 Å². The highest BCUT2D eigenvalue weighted by atomic mass is 32.2. The molecule has 5 nitrogen and oxygen atoms in total. The summed E-state index contributed by atoms with van der Waals surface area (Å²) in [6, 6.07) is 22.1. The molecule has 0 saturated carbocycles. The first-order valence-corrected chi connectivity index (χ1v) is 12.5. The molecule has 0 unspecified atom stereocenters. The SMILES string of the molecule is Cc1ccccc1[C@H](NC(=O)[C@@H]1CCCN(S(=O)(=O)c2ccc(F)cc2)C1)c1ccccc1. The Labute approximate surface area is 194 Å². The maximum absolute atomic E-state index is 13.3. The minimum Gasteiger partial charge on any atom is -0.345 e. The Bertz CT molecular complexity index is 1210. The van der Waals surface area contributed by atoms with Crippen LogP contribution in [0.1, 0.15) is 35.6 Å². The molecule has 1 heterocycles. The number of hydrogen-bond acceptors (Lipinski definition) is 3. The van der Waals surface area contributed by atoms with Crippen LogP contribution in [-0.2, 0) is 14.8 Å². The summed E-state index contributed by atoms with van der Waals surface area (Å²) in [5.41, 5.74) is 3.03. The second-order valence-corrected chi connectivity index (χ2v) is 10.3. The van der Waals surface area contributed by atoms with Crippen molar-refractivity contribution in [1.29, 1.82) is 0 Å². The number of nitrogens with zero attached hydrogens (tertiary/aromatic N) is 1. The summed E-state index contributed by atoms with van der Waals surface area (Å²) in [6.07, 6.45) is 1.19. The van der Waals surface area contributed by atoms with Crippen LogP contribution in [0.15, 0.2) is 83.8 Å². The molecule has 1 aliphatic heterocycles. The van der Waals surface area contributed by atoms with Gasteiger partial charge in [0, 0.05) is 13.1 Å². The zero-order chi connectivity index (χ0) is 23.4. The van der Waals surface area contributed by atoms with Crippen molar-refractivity contribution in [2.45, 2.75) is 30.7 Å². The van der Waals surface area contributed by atoms with E-state index in [2.05, 4.69) is 5.32 Å². The molecule has 0 spiro atoms. The van der Waals surface area contributed by atoms with E-state index < -0.39 is 21.8 Å². The Morgan fingerprint density at radius 2 is 1.67 bits per heavy atom. The van der Waals surface area contributed by atoms with Gasteiger partial charge in [0.1, 0.15) is 5.82 Å². The second-order valence-electron chi connectivity index (χ2n) is 8.36. The van der Waals surface area contributed by atoms with Crippen LogP contribution < -0.4 is 5.32 Å². The summed E-state index contributed by atoms with van der Waals surface area (Å²) in [5, 5.41) is 3.17. The Morgan fingerprint density at radius 1 is 1.00 bits per heavy atom. The monoisotopic (exact) mass is 466 g/mol. The highest BCUT2D eigenvalue weighted by Crippen LogP contribution is 2.28. The van der Waals surface area contributed by atoms with Gasteiger partial charge < -0.3 is 5.32 Å². The maximum atomic E-state index is 13.3. The normalized spacial score (nSPS) is 17.9. The van der Waals surface area contributed by atoms with Crippen LogP contribution >= 0.6 is 0 Å². The first-order chi connectivity index (χ1) is 15.9. The van der Waals surface area contributed by atoms with E-state index in [9.17, 15) is 17.6 Å². The Morgan fingerprint density at radius 3 is 2.36 bits per heavy atom. The number of aryl methyl sites for hydroxylation is 1. The molecule has 1 fully saturated rings. The van der Waals surface area contributed by atoms with Crippen LogP contribution in [0.3, 0.4) is 0 Å². The van der Waals surface area contributed by atoms with Crippen molar-refractivity contribution in [2.75, 3.05) is 13.1 Å². The number of piperidine rings is 1. The molecule has 0 aromatic heterocycles. The number of amides is 1. The van der Waals surface area contributed by atoms with E-state index in [1.54, 1.807) is 0 Å². The van der Waals surface area contributed by atoms with Gasteiger partial charge in [0.05, 0.1) is 16.9 Å². The van der Waals surface area contributed by atoms with E-state index in [1.165, 1.54) is 16.4 Å². The molecule has 0 aliphatic carbocycles. The highest BCUT2D eigenvalue weighted by molar-refractivity contribution is 7.89. The number of halogens is 1. The zero-order valence-corrected chi connectivity index (χ0v) is 19.3. The summed E-state index contributed by atoms with van der Waals surface area (Å²) in [4.78, 5) is 13.4. The van der Waals surface area contributed by atoms with Crippen LogP contribution in [0.4, 0.5) is 4.39 Å². The van der Waals surface area contributed by atoms with Gasteiger partial charge in [0.25, 0.3) is 0 Å². The summed E-state index contributed by atoms with van der Waals surface area (Å²) in [6.45, 7) is 2.44. The van der Waals surface area contributed by atoms with Gasteiger partial charge in [-0.15, -0.1) is 0 Å². The van der Waals surface area contributed by atoms with Gasteiger partial charge in [-0.1, -0.05) is 54.6 Å². The first-order valence-electron chi connectivity index (χ1n) is 11.0. The van der Waals surface area contributed by atoms with Crippen LogP contribution in [0, 0.1) is 18.7 Å². The number of hydrogen-bond donors (Lipinski definition) is 1. The van der Waals surface area contributed by atoms with Crippen LogP contribution in [0.5, 0.6) is 0 Å². The standard InChI is InChI=1S/C26H27FN2O3S/c1-19-8-5-6-12-24(19)25(20-9-3-2-4-10-20)28-26(30)21-11-7-17-29(18-21)33(31,32)23-15-13-22(27)14-16-23/h2-6,8-10,12-16,21,25H,7,11,17-18H2,1H3,(H,28,30)/t21-,25-/m1/s1. The lowest BCUT2D eigenvalue weighted by Crippen LogP contribution is -2.46. The zero-order valence-electron chi connectivity index (χ0n) is 18.4. The van der Waals surface area contributed by atoms with Crippen LogP contribution in [0.25, 0.3) is 0 Å². The summed E-state index contributed by atoms with van der Waals surface area (Å²) in [5.74, 6) is -1.14. The van der Waals surface area contributed by atoms with Crippen LogP contribution in [-0.4, -0.2) is 31.7 Å².